The summed E-state index contributed by atoms with van der Waals surface area (Å²) >= 11 is 3.39. The van der Waals surface area contributed by atoms with Gasteiger partial charge in [0.2, 0.25) is 0 Å². The summed E-state index contributed by atoms with van der Waals surface area (Å²) in [7, 11) is 0. The minimum Gasteiger partial charge on any atom is -0.492 e. The lowest BCUT2D eigenvalue weighted by molar-refractivity contribution is 0.0988. The third-order valence-corrected chi connectivity index (χ3v) is 3.15. The number of benzene rings is 1. The highest BCUT2D eigenvalue weighted by Gasteiger charge is 2.05. The largest absolute Gasteiger partial charge is 0.492 e. The Balaban J connectivity index is 1.86. The summed E-state index contributed by atoms with van der Waals surface area (Å²) in [5.74, 6) is 0.922. The van der Waals surface area contributed by atoms with Crippen LogP contribution in [-0.4, -0.2) is 22.2 Å². The van der Waals surface area contributed by atoms with E-state index >= 15 is 0 Å². The molecular formula is C14H15BrN2O2. The lowest BCUT2D eigenvalue weighted by atomic mass is 10.2. The third-order valence-electron chi connectivity index (χ3n) is 2.66. The van der Waals surface area contributed by atoms with E-state index in [0.29, 0.717) is 25.1 Å². The van der Waals surface area contributed by atoms with Crippen molar-refractivity contribution in [3.8, 4) is 5.75 Å². The molecule has 0 fully saturated rings. The van der Waals surface area contributed by atoms with Crippen LogP contribution >= 0.6 is 15.9 Å². The average molecular weight is 323 g/mol. The highest BCUT2D eigenvalue weighted by molar-refractivity contribution is 9.10. The molecule has 0 radical (unpaired) electrons. The van der Waals surface area contributed by atoms with Crippen molar-refractivity contribution in [3.05, 3.63) is 46.7 Å². The fourth-order valence-electron chi connectivity index (χ4n) is 1.65. The van der Waals surface area contributed by atoms with Gasteiger partial charge in [-0.15, -0.1) is 0 Å². The average Bonchev–Trinajstić information content (AvgIpc) is 2.87. The summed E-state index contributed by atoms with van der Waals surface area (Å²) in [4.78, 5) is 11.5. The van der Waals surface area contributed by atoms with E-state index in [-0.39, 0.29) is 5.78 Å². The second-order valence-electron chi connectivity index (χ2n) is 4.07. The van der Waals surface area contributed by atoms with Gasteiger partial charge >= 0.3 is 0 Å². The van der Waals surface area contributed by atoms with Gasteiger partial charge in [0.05, 0.1) is 18.3 Å². The van der Waals surface area contributed by atoms with Crippen LogP contribution in [0.25, 0.3) is 0 Å². The van der Waals surface area contributed by atoms with Crippen LogP contribution in [0.3, 0.4) is 0 Å². The number of ether oxygens (including phenoxy) is 1. The molecule has 0 unspecified atom stereocenters. The van der Waals surface area contributed by atoms with Crippen LogP contribution in [-0.2, 0) is 6.54 Å². The molecule has 0 N–H and O–H groups in total. The van der Waals surface area contributed by atoms with Gasteiger partial charge in [-0.3, -0.25) is 9.48 Å². The molecule has 1 aromatic heterocycles. The Hall–Kier alpha value is -1.62. The number of ketones is 1. The molecule has 100 valence electrons. The summed E-state index contributed by atoms with van der Waals surface area (Å²) < 4.78 is 8.32. The minimum atomic E-state index is 0.110. The molecule has 1 heterocycles. The Morgan fingerprint density at radius 2 is 2.32 bits per heavy atom. The summed E-state index contributed by atoms with van der Waals surface area (Å²) in [6.07, 6.45) is 3.86. The maximum absolute atomic E-state index is 11.5. The van der Waals surface area contributed by atoms with Gasteiger partial charge in [-0.05, 0) is 18.2 Å². The molecule has 0 spiro atoms. The van der Waals surface area contributed by atoms with Crippen molar-refractivity contribution < 1.29 is 9.53 Å². The molecule has 0 saturated carbocycles. The number of carbonyl (C=O) groups excluding carboxylic acids is 1. The molecule has 4 nitrogen and oxygen atoms in total. The van der Waals surface area contributed by atoms with Crippen LogP contribution in [0.2, 0.25) is 0 Å². The number of hydrogen-bond acceptors (Lipinski definition) is 3. The monoisotopic (exact) mass is 322 g/mol. The zero-order valence-electron chi connectivity index (χ0n) is 10.7. The van der Waals surface area contributed by atoms with Gasteiger partial charge in [0.25, 0.3) is 0 Å². The Labute approximate surface area is 120 Å². The second-order valence-corrected chi connectivity index (χ2v) is 4.99. The molecule has 0 amide bonds. The van der Waals surface area contributed by atoms with Crippen molar-refractivity contribution >= 4 is 21.7 Å². The summed E-state index contributed by atoms with van der Waals surface area (Å²) in [5, 5.41) is 4.14. The van der Waals surface area contributed by atoms with Gasteiger partial charge in [-0.25, -0.2) is 0 Å². The maximum atomic E-state index is 11.5. The van der Waals surface area contributed by atoms with Gasteiger partial charge in [0.15, 0.2) is 5.78 Å². The standard InChI is InChI=1S/C14H15BrN2O2/c1-2-14(18)11-9-16-17(10-11)6-7-19-13-5-3-4-12(15)8-13/h3-5,8-10H,2,6-7H2,1H3. The number of aromatic nitrogens is 2. The van der Waals surface area contributed by atoms with E-state index in [1.165, 1.54) is 0 Å². The first-order valence-electron chi connectivity index (χ1n) is 6.13. The zero-order valence-corrected chi connectivity index (χ0v) is 12.3. The lowest BCUT2D eigenvalue weighted by Crippen LogP contribution is -2.08. The predicted molar refractivity (Wildman–Crippen MR) is 76.5 cm³/mol. The molecule has 19 heavy (non-hydrogen) atoms. The number of halogens is 1. The highest BCUT2D eigenvalue weighted by Crippen LogP contribution is 2.17. The summed E-state index contributed by atoms with van der Waals surface area (Å²) in [5.41, 5.74) is 0.657. The molecular weight excluding hydrogens is 308 g/mol. The quantitative estimate of drug-likeness (QED) is 0.766. The Kier molecular flexibility index (Phi) is 4.74. The summed E-state index contributed by atoms with van der Waals surface area (Å²) in [6, 6.07) is 7.68. The number of carbonyl (C=O) groups is 1. The Morgan fingerprint density at radius 1 is 1.47 bits per heavy atom. The van der Waals surface area contributed by atoms with E-state index in [4.69, 9.17) is 4.74 Å². The van der Waals surface area contributed by atoms with E-state index < -0.39 is 0 Å². The van der Waals surface area contributed by atoms with Crippen LogP contribution < -0.4 is 4.74 Å². The molecule has 0 atom stereocenters. The van der Waals surface area contributed by atoms with E-state index in [2.05, 4.69) is 21.0 Å². The molecule has 0 bridgehead atoms. The van der Waals surface area contributed by atoms with E-state index in [1.807, 2.05) is 31.2 Å². The molecule has 2 aromatic rings. The van der Waals surface area contributed by atoms with Crippen molar-refractivity contribution in [2.75, 3.05) is 6.61 Å². The van der Waals surface area contributed by atoms with Gasteiger partial charge in [-0.2, -0.15) is 5.10 Å². The SMILES string of the molecule is CCC(=O)c1cnn(CCOc2cccc(Br)c2)c1. The highest BCUT2D eigenvalue weighted by atomic mass is 79.9. The third kappa shape index (κ3) is 3.92. The van der Waals surface area contributed by atoms with Crippen LogP contribution in [0.5, 0.6) is 5.75 Å². The molecule has 5 heteroatoms. The van der Waals surface area contributed by atoms with Crippen LogP contribution in [0.4, 0.5) is 0 Å². The molecule has 0 aliphatic carbocycles. The first-order valence-corrected chi connectivity index (χ1v) is 6.92. The molecule has 1 aromatic carbocycles. The second kappa shape index (κ2) is 6.52. The lowest BCUT2D eigenvalue weighted by Gasteiger charge is -2.06. The van der Waals surface area contributed by atoms with Gasteiger partial charge in [0.1, 0.15) is 12.4 Å². The van der Waals surface area contributed by atoms with Crippen molar-refractivity contribution in [1.82, 2.24) is 9.78 Å². The maximum Gasteiger partial charge on any atom is 0.165 e. The van der Waals surface area contributed by atoms with Crippen molar-refractivity contribution in [2.24, 2.45) is 0 Å². The summed E-state index contributed by atoms with van der Waals surface area (Å²) in [6.45, 7) is 2.97. The first kappa shape index (κ1) is 13.8. The number of nitrogens with zero attached hydrogens (tertiary/aromatic N) is 2. The van der Waals surface area contributed by atoms with Crippen LogP contribution in [0, 0.1) is 0 Å². The fraction of sp³-hybridized carbons (Fsp3) is 0.286. The molecule has 2 rings (SSSR count). The number of hydrogen-bond donors (Lipinski definition) is 0. The van der Waals surface area contributed by atoms with Gasteiger partial charge in [0, 0.05) is 17.1 Å². The van der Waals surface area contributed by atoms with Crippen molar-refractivity contribution in [1.29, 1.82) is 0 Å². The fourth-order valence-corrected chi connectivity index (χ4v) is 2.03. The Morgan fingerprint density at radius 3 is 3.05 bits per heavy atom. The molecule has 0 aliphatic rings. The van der Waals surface area contributed by atoms with Crippen molar-refractivity contribution in [3.63, 3.8) is 0 Å². The molecule has 0 aliphatic heterocycles. The normalized spacial score (nSPS) is 10.4. The Bertz CT molecular complexity index is 566. The van der Waals surface area contributed by atoms with E-state index in [9.17, 15) is 4.79 Å². The number of rotatable bonds is 6. The molecule has 0 saturated heterocycles. The number of Topliss-reactive ketones (excluding diaryl/α,β-unsaturated/α-hetero) is 1. The van der Waals surface area contributed by atoms with Crippen LogP contribution in [0.15, 0.2) is 41.1 Å². The smallest absolute Gasteiger partial charge is 0.165 e. The van der Waals surface area contributed by atoms with Gasteiger partial charge < -0.3 is 4.74 Å². The predicted octanol–water partition coefficient (Wildman–Crippen LogP) is 3.32. The van der Waals surface area contributed by atoms with Crippen LogP contribution in [0.1, 0.15) is 23.7 Å². The zero-order chi connectivity index (χ0) is 13.7. The minimum absolute atomic E-state index is 0.110. The van der Waals surface area contributed by atoms with Crippen molar-refractivity contribution in [2.45, 2.75) is 19.9 Å². The topological polar surface area (TPSA) is 44.1 Å². The first-order chi connectivity index (χ1) is 9.19. The van der Waals surface area contributed by atoms with Gasteiger partial charge in [-0.1, -0.05) is 28.9 Å². The van der Waals surface area contributed by atoms with E-state index in [0.717, 1.165) is 10.2 Å². The van der Waals surface area contributed by atoms with E-state index in [1.54, 1.807) is 17.1 Å².